The molecular formula is C33H38N10O6S. The second kappa shape index (κ2) is 15.3. The van der Waals surface area contributed by atoms with Gasteiger partial charge in [0.05, 0.1) is 37.2 Å². The van der Waals surface area contributed by atoms with Crippen LogP contribution in [0.1, 0.15) is 0 Å². The second-order valence-electron chi connectivity index (χ2n) is 11.5. The van der Waals surface area contributed by atoms with Crippen LogP contribution in [0.3, 0.4) is 0 Å². The van der Waals surface area contributed by atoms with Gasteiger partial charge in [0, 0.05) is 67.6 Å². The number of hydrogen-bond acceptors (Lipinski definition) is 12. The Labute approximate surface area is 286 Å². The van der Waals surface area contributed by atoms with Crippen LogP contribution in [0.5, 0.6) is 0 Å². The van der Waals surface area contributed by atoms with Crippen LogP contribution in [0.4, 0.5) is 28.7 Å². The topological polar surface area (TPSA) is 220 Å². The van der Waals surface area contributed by atoms with Crippen molar-refractivity contribution in [1.82, 2.24) is 29.9 Å². The maximum Gasteiger partial charge on any atom is 0.261 e. The van der Waals surface area contributed by atoms with Gasteiger partial charge in [-0.05, 0) is 60.7 Å². The summed E-state index contributed by atoms with van der Waals surface area (Å²) in [6.45, 7) is 6.95. The van der Waals surface area contributed by atoms with E-state index in [9.17, 15) is 18.0 Å². The fourth-order valence-corrected chi connectivity index (χ4v) is 5.87. The zero-order valence-electron chi connectivity index (χ0n) is 27.3. The zero-order chi connectivity index (χ0) is 35.1. The van der Waals surface area contributed by atoms with E-state index >= 15 is 0 Å². The number of nitrogens with two attached hydrogens (primary N) is 1. The number of nitrogens with zero attached hydrogens (tertiary/aromatic N) is 4. The highest BCUT2D eigenvalue weighted by molar-refractivity contribution is 7.90. The van der Waals surface area contributed by atoms with E-state index < -0.39 is 15.4 Å². The smallest absolute Gasteiger partial charge is 0.261 e. The Bertz CT molecular complexity index is 2250. The highest BCUT2D eigenvalue weighted by atomic mass is 32.2. The molecule has 6 aromatic rings. The van der Waals surface area contributed by atoms with Crippen molar-refractivity contribution < 1.29 is 17.9 Å². The van der Waals surface area contributed by atoms with Gasteiger partial charge < -0.3 is 40.3 Å². The predicted molar refractivity (Wildman–Crippen MR) is 193 cm³/mol. The summed E-state index contributed by atoms with van der Waals surface area (Å²) in [5.74, 6) is 0.420. The van der Waals surface area contributed by atoms with Crippen molar-refractivity contribution in [3.63, 3.8) is 0 Å². The van der Waals surface area contributed by atoms with E-state index in [0.717, 1.165) is 70.2 Å². The molecule has 0 unspecified atom stereocenters. The lowest BCUT2D eigenvalue weighted by Crippen LogP contribution is -2.36. The summed E-state index contributed by atoms with van der Waals surface area (Å²) in [5, 5.41) is 3.70. The third-order valence-electron chi connectivity index (χ3n) is 7.96. The molecule has 0 bridgehead atoms. The largest absolute Gasteiger partial charge is 0.399 e. The van der Waals surface area contributed by atoms with Gasteiger partial charge in [0.1, 0.15) is 11.3 Å². The molecule has 2 aromatic carbocycles. The first kappa shape index (κ1) is 34.2. The molecular weight excluding hydrogens is 664 g/mol. The lowest BCUT2D eigenvalue weighted by atomic mass is 10.2. The minimum Gasteiger partial charge on any atom is -0.399 e. The van der Waals surface area contributed by atoms with Crippen molar-refractivity contribution in [3.05, 3.63) is 93.8 Å². The molecule has 262 valence electrons. The van der Waals surface area contributed by atoms with Gasteiger partial charge in [0.25, 0.3) is 11.1 Å². The Morgan fingerprint density at radius 1 is 0.700 bits per heavy atom. The Balaban J connectivity index is 0.000000138. The number of nitrogen functional groups attached to an aromatic ring is 1. The third kappa shape index (κ3) is 8.49. The quantitative estimate of drug-likeness (QED) is 0.113. The van der Waals surface area contributed by atoms with Crippen LogP contribution in [0.2, 0.25) is 0 Å². The van der Waals surface area contributed by atoms with Crippen molar-refractivity contribution in [2.45, 2.75) is 5.16 Å². The average Bonchev–Trinajstić information content (AvgIpc) is 3.81. The molecule has 0 saturated carbocycles. The number of aromatic nitrogens is 6. The lowest BCUT2D eigenvalue weighted by molar-refractivity contribution is 0.122. The first-order valence-corrected chi connectivity index (χ1v) is 17.8. The van der Waals surface area contributed by atoms with Crippen LogP contribution in [0, 0.1) is 0 Å². The number of hydrogen-bond donors (Lipinski definition) is 6. The molecule has 8 rings (SSSR count). The van der Waals surface area contributed by atoms with Crippen LogP contribution >= 0.6 is 0 Å². The maximum atomic E-state index is 11.9. The number of nitrogens with one attached hydrogen (secondary N) is 5. The van der Waals surface area contributed by atoms with E-state index in [-0.39, 0.29) is 16.4 Å². The van der Waals surface area contributed by atoms with Gasteiger partial charge in [0.2, 0.25) is 20.9 Å². The number of anilines is 5. The molecule has 50 heavy (non-hydrogen) atoms. The number of morpholine rings is 2. The number of rotatable bonds is 5. The van der Waals surface area contributed by atoms with Crippen LogP contribution in [-0.2, 0) is 19.3 Å². The molecule has 6 heterocycles. The van der Waals surface area contributed by atoms with E-state index in [1.165, 1.54) is 23.6 Å². The Hall–Kier alpha value is -5.65. The third-order valence-corrected chi connectivity index (χ3v) is 8.85. The lowest BCUT2D eigenvalue weighted by Gasteiger charge is -2.28. The van der Waals surface area contributed by atoms with Gasteiger partial charge >= 0.3 is 0 Å². The molecule has 4 aromatic heterocycles. The van der Waals surface area contributed by atoms with Gasteiger partial charge in [-0.25, -0.2) is 13.4 Å². The van der Waals surface area contributed by atoms with Crippen molar-refractivity contribution in [3.8, 4) is 0 Å². The molecule has 2 fully saturated rings. The molecule has 0 amide bonds. The fourth-order valence-electron chi connectivity index (χ4n) is 5.34. The van der Waals surface area contributed by atoms with Gasteiger partial charge in [-0.15, -0.1) is 0 Å². The number of benzene rings is 2. The van der Waals surface area contributed by atoms with Crippen molar-refractivity contribution >= 4 is 60.6 Å². The molecule has 0 aliphatic carbocycles. The van der Waals surface area contributed by atoms with Crippen LogP contribution in [0.25, 0.3) is 22.1 Å². The van der Waals surface area contributed by atoms with Gasteiger partial charge in [-0.2, -0.15) is 4.98 Å². The maximum absolute atomic E-state index is 11.9. The predicted octanol–water partition coefficient (Wildman–Crippen LogP) is 2.59. The standard InChI is InChI=1S/C16H17N5O2.C10H14N2O.C7H7N3O3S/c22-15-13-5-6-17-14(13)19-16(20-15)18-11-1-3-12(4-2-11)21-7-9-23-10-8-21;11-9-1-3-10(4-2-9)12-5-7-13-8-6-12;1-14(12,13)7-9-5-4(2-3-8-5)6(11)10-7/h1-6H,7-10H2,(H3,17,18,19,20,22);1-4H,5-8,11H2;2-3H,1H3,(H2,8,9,10,11). The van der Waals surface area contributed by atoms with Crippen molar-refractivity contribution in [1.29, 1.82) is 0 Å². The van der Waals surface area contributed by atoms with Crippen molar-refractivity contribution in [2.24, 2.45) is 0 Å². The SMILES string of the molecule is CS(=O)(=O)c1nc2[nH]ccc2c(=O)[nH]1.Nc1ccc(N2CCOCC2)cc1.O=c1[nH]c(Nc2ccc(N3CCOCC3)cc2)nc2[nH]ccc12. The molecule has 0 radical (unpaired) electrons. The Morgan fingerprint density at radius 2 is 1.18 bits per heavy atom. The molecule has 17 heteroatoms. The summed E-state index contributed by atoms with van der Waals surface area (Å²) in [6.07, 6.45) is 4.22. The molecule has 2 aliphatic rings. The first-order chi connectivity index (χ1) is 24.1. The second-order valence-corrected chi connectivity index (χ2v) is 13.4. The zero-order valence-corrected chi connectivity index (χ0v) is 28.1. The molecule has 2 saturated heterocycles. The summed E-state index contributed by atoms with van der Waals surface area (Å²) in [5.41, 5.74) is 9.92. The first-order valence-electron chi connectivity index (χ1n) is 15.9. The van der Waals surface area contributed by atoms with Gasteiger partial charge in [-0.3, -0.25) is 19.6 Å². The minimum atomic E-state index is -3.48. The number of ether oxygens (including phenoxy) is 2. The number of aromatic amines is 4. The summed E-state index contributed by atoms with van der Waals surface area (Å²) in [4.78, 5) is 46.6. The number of fused-ring (bicyclic) bond motifs is 2. The van der Waals surface area contributed by atoms with E-state index in [4.69, 9.17) is 15.2 Å². The van der Waals surface area contributed by atoms with E-state index in [2.05, 4.69) is 69.3 Å². The van der Waals surface area contributed by atoms with Crippen LogP contribution in [-0.4, -0.2) is 97.2 Å². The highest BCUT2D eigenvalue weighted by Crippen LogP contribution is 2.21. The molecule has 16 nitrogen and oxygen atoms in total. The van der Waals surface area contributed by atoms with Crippen LogP contribution in [0.15, 0.2) is 87.8 Å². The normalized spacial score (nSPS) is 14.8. The number of sulfone groups is 1. The summed E-state index contributed by atoms with van der Waals surface area (Å²) >= 11 is 0. The molecule has 0 spiro atoms. The van der Waals surface area contributed by atoms with E-state index in [1.807, 2.05) is 24.3 Å². The Kier molecular flexibility index (Phi) is 10.5. The summed E-state index contributed by atoms with van der Waals surface area (Å²) in [6, 6.07) is 19.3. The van der Waals surface area contributed by atoms with E-state index in [1.54, 1.807) is 12.3 Å². The highest BCUT2D eigenvalue weighted by Gasteiger charge is 2.14. The van der Waals surface area contributed by atoms with E-state index in [0.29, 0.717) is 22.4 Å². The molecule has 7 N–H and O–H groups in total. The number of H-pyrrole nitrogens is 4. The minimum absolute atomic E-state index is 0.163. The van der Waals surface area contributed by atoms with Gasteiger partial charge in [0.15, 0.2) is 0 Å². The molecule has 2 aliphatic heterocycles. The van der Waals surface area contributed by atoms with Gasteiger partial charge in [-0.1, -0.05) is 0 Å². The van der Waals surface area contributed by atoms with Crippen molar-refractivity contribution in [2.75, 3.05) is 79.7 Å². The Morgan fingerprint density at radius 3 is 1.70 bits per heavy atom. The summed E-state index contributed by atoms with van der Waals surface area (Å²) < 4.78 is 32.9. The average molecular weight is 703 g/mol. The fraction of sp³-hybridized carbons (Fsp3) is 0.273. The monoisotopic (exact) mass is 702 g/mol. The summed E-state index contributed by atoms with van der Waals surface area (Å²) in [7, 11) is -3.48. The molecule has 0 atom stereocenters. The van der Waals surface area contributed by atoms with Crippen LogP contribution < -0.4 is 32.0 Å².